The normalized spacial score (nSPS) is 25.7. The van der Waals surface area contributed by atoms with E-state index in [1.807, 2.05) is 24.3 Å². The number of esters is 1. The molecule has 1 saturated heterocycles. The minimum absolute atomic E-state index is 0.144. The average molecular weight is 403 g/mol. The molecule has 6 rings (SSSR count). The molecule has 0 aromatic heterocycles. The Morgan fingerprint density at radius 1 is 0.833 bits per heavy atom. The van der Waals surface area contributed by atoms with Gasteiger partial charge in [-0.3, -0.25) is 19.3 Å². The third-order valence-corrected chi connectivity index (χ3v) is 6.84. The standard InChI is InChI=1S/C25H25NO4/c1-2-3-8-13-30-19(27)14-26-24(28)22-20-15-9-4-5-10-16(15)21(23(22)25(26)29)18-12-7-6-11-17(18)20/h4-7,9-12,20-23H,2-3,8,13-14H2,1H3/t20?,21?,22-,23+. The van der Waals surface area contributed by atoms with E-state index in [4.69, 9.17) is 4.74 Å². The van der Waals surface area contributed by atoms with Gasteiger partial charge in [-0.2, -0.15) is 0 Å². The zero-order chi connectivity index (χ0) is 20.8. The maximum Gasteiger partial charge on any atom is 0.326 e. The summed E-state index contributed by atoms with van der Waals surface area (Å²) < 4.78 is 5.26. The SMILES string of the molecule is CCCCCOC(=O)CN1C(=O)[C@@H]2C3c4ccccc4C(c4ccccc43)[C@@H]2C1=O. The van der Waals surface area contributed by atoms with Crippen molar-refractivity contribution in [1.82, 2.24) is 4.90 Å². The Hall–Kier alpha value is -2.95. The second-order valence-electron chi connectivity index (χ2n) is 8.45. The summed E-state index contributed by atoms with van der Waals surface area (Å²) in [4.78, 5) is 40.2. The van der Waals surface area contributed by atoms with Crippen molar-refractivity contribution in [2.24, 2.45) is 11.8 Å². The lowest BCUT2D eigenvalue weighted by Gasteiger charge is -2.45. The summed E-state index contributed by atoms with van der Waals surface area (Å²) in [7, 11) is 0. The van der Waals surface area contributed by atoms with Crippen LogP contribution in [0.5, 0.6) is 0 Å². The average Bonchev–Trinajstić information content (AvgIpc) is 3.02. The molecule has 154 valence electrons. The summed E-state index contributed by atoms with van der Waals surface area (Å²) in [5, 5.41) is 0. The van der Waals surface area contributed by atoms with E-state index in [0.29, 0.717) is 6.61 Å². The zero-order valence-electron chi connectivity index (χ0n) is 17.0. The first-order chi connectivity index (χ1) is 14.6. The van der Waals surface area contributed by atoms with E-state index in [1.165, 1.54) is 0 Å². The fourth-order valence-corrected chi connectivity index (χ4v) is 5.61. The van der Waals surface area contributed by atoms with E-state index in [2.05, 4.69) is 31.2 Å². The van der Waals surface area contributed by atoms with Crippen molar-refractivity contribution < 1.29 is 19.1 Å². The molecule has 0 spiro atoms. The monoisotopic (exact) mass is 403 g/mol. The van der Waals surface area contributed by atoms with Gasteiger partial charge in [-0.25, -0.2) is 0 Å². The number of carbonyl (C=O) groups is 3. The summed E-state index contributed by atoms with van der Waals surface area (Å²) in [6.45, 7) is 2.12. The molecule has 2 atom stereocenters. The maximum atomic E-state index is 13.4. The molecular formula is C25H25NO4. The van der Waals surface area contributed by atoms with Gasteiger partial charge in [0.15, 0.2) is 0 Å². The fraction of sp³-hybridized carbons (Fsp3) is 0.400. The van der Waals surface area contributed by atoms with Gasteiger partial charge in [0.25, 0.3) is 0 Å². The Labute approximate surface area is 176 Å². The number of likely N-dealkylation sites (tertiary alicyclic amines) is 1. The molecule has 5 heteroatoms. The van der Waals surface area contributed by atoms with Crippen LogP contribution in [0.25, 0.3) is 0 Å². The highest BCUT2D eigenvalue weighted by Crippen LogP contribution is 2.60. The van der Waals surface area contributed by atoms with Crippen molar-refractivity contribution in [3.63, 3.8) is 0 Å². The van der Waals surface area contributed by atoms with Crippen LogP contribution in [-0.2, 0) is 19.1 Å². The lowest BCUT2D eigenvalue weighted by molar-refractivity contribution is -0.153. The summed E-state index contributed by atoms with van der Waals surface area (Å²) in [5.74, 6) is -2.16. The van der Waals surface area contributed by atoms with Crippen LogP contribution in [0.15, 0.2) is 48.5 Å². The number of benzene rings is 2. The highest BCUT2D eigenvalue weighted by molar-refractivity contribution is 6.09. The Morgan fingerprint density at radius 2 is 1.30 bits per heavy atom. The molecule has 1 heterocycles. The van der Waals surface area contributed by atoms with Gasteiger partial charge in [-0.05, 0) is 28.7 Å². The molecule has 2 aromatic rings. The van der Waals surface area contributed by atoms with Crippen LogP contribution in [0.4, 0.5) is 0 Å². The minimum Gasteiger partial charge on any atom is -0.464 e. The maximum absolute atomic E-state index is 13.4. The Kier molecular flexibility index (Phi) is 4.69. The lowest BCUT2D eigenvalue weighted by Crippen LogP contribution is -2.41. The van der Waals surface area contributed by atoms with E-state index in [0.717, 1.165) is 46.4 Å². The van der Waals surface area contributed by atoms with Gasteiger partial charge in [0.05, 0.1) is 18.4 Å². The molecule has 0 radical (unpaired) electrons. The number of amides is 2. The van der Waals surface area contributed by atoms with Gasteiger partial charge in [0.1, 0.15) is 6.54 Å². The number of rotatable bonds is 6. The van der Waals surface area contributed by atoms with E-state index >= 15 is 0 Å². The summed E-state index contributed by atoms with van der Waals surface area (Å²) >= 11 is 0. The molecule has 3 aliphatic carbocycles. The van der Waals surface area contributed by atoms with E-state index in [9.17, 15) is 14.4 Å². The summed E-state index contributed by atoms with van der Waals surface area (Å²) in [5.41, 5.74) is 4.53. The van der Waals surface area contributed by atoms with Crippen molar-refractivity contribution in [1.29, 1.82) is 0 Å². The van der Waals surface area contributed by atoms with Crippen molar-refractivity contribution in [2.75, 3.05) is 13.2 Å². The lowest BCUT2D eigenvalue weighted by atomic mass is 9.55. The van der Waals surface area contributed by atoms with E-state index in [-0.39, 0.29) is 30.2 Å². The molecule has 0 unspecified atom stereocenters. The molecule has 0 saturated carbocycles. The molecule has 0 N–H and O–H groups in total. The number of imide groups is 1. The molecule has 5 nitrogen and oxygen atoms in total. The molecule has 2 amide bonds. The second-order valence-corrected chi connectivity index (χ2v) is 8.45. The zero-order valence-corrected chi connectivity index (χ0v) is 17.0. The number of unbranched alkanes of at least 4 members (excludes halogenated alkanes) is 2. The van der Waals surface area contributed by atoms with Crippen LogP contribution in [0.2, 0.25) is 0 Å². The van der Waals surface area contributed by atoms with Crippen LogP contribution < -0.4 is 0 Å². The van der Waals surface area contributed by atoms with E-state index in [1.54, 1.807) is 0 Å². The third-order valence-electron chi connectivity index (χ3n) is 6.84. The first kappa shape index (κ1) is 19.0. The van der Waals surface area contributed by atoms with Gasteiger partial charge in [0, 0.05) is 11.8 Å². The molecule has 1 fully saturated rings. The number of hydrogen-bond acceptors (Lipinski definition) is 4. The fourth-order valence-electron chi connectivity index (χ4n) is 5.61. The number of ether oxygens (including phenoxy) is 1. The highest BCUT2D eigenvalue weighted by Gasteiger charge is 2.61. The van der Waals surface area contributed by atoms with Gasteiger partial charge < -0.3 is 4.74 Å². The van der Waals surface area contributed by atoms with Crippen molar-refractivity contribution >= 4 is 17.8 Å². The van der Waals surface area contributed by atoms with Gasteiger partial charge >= 0.3 is 5.97 Å². The first-order valence-corrected chi connectivity index (χ1v) is 10.8. The molecule has 1 aliphatic heterocycles. The Bertz CT molecular complexity index is 914. The van der Waals surface area contributed by atoms with Crippen LogP contribution in [0.1, 0.15) is 60.3 Å². The third kappa shape index (κ3) is 2.72. The minimum atomic E-state index is -0.506. The number of nitrogens with zero attached hydrogens (tertiary/aromatic N) is 1. The van der Waals surface area contributed by atoms with Crippen LogP contribution in [0, 0.1) is 11.8 Å². The van der Waals surface area contributed by atoms with Crippen molar-refractivity contribution in [2.45, 2.75) is 38.0 Å². The molecular weight excluding hydrogens is 378 g/mol. The predicted molar refractivity (Wildman–Crippen MR) is 111 cm³/mol. The van der Waals surface area contributed by atoms with Gasteiger partial charge in [-0.1, -0.05) is 68.3 Å². The Morgan fingerprint density at radius 3 is 1.73 bits per heavy atom. The van der Waals surface area contributed by atoms with Crippen molar-refractivity contribution in [3.05, 3.63) is 70.8 Å². The number of carbonyl (C=O) groups excluding carboxylic acids is 3. The van der Waals surface area contributed by atoms with Crippen LogP contribution in [-0.4, -0.2) is 35.8 Å². The topological polar surface area (TPSA) is 63.7 Å². The molecule has 2 bridgehead atoms. The van der Waals surface area contributed by atoms with Gasteiger partial charge in [-0.15, -0.1) is 0 Å². The smallest absolute Gasteiger partial charge is 0.326 e. The van der Waals surface area contributed by atoms with E-state index < -0.39 is 17.8 Å². The molecule has 2 aromatic carbocycles. The largest absolute Gasteiger partial charge is 0.464 e. The first-order valence-electron chi connectivity index (χ1n) is 10.8. The predicted octanol–water partition coefficient (Wildman–Crippen LogP) is 3.61. The summed E-state index contributed by atoms with van der Waals surface area (Å²) in [6.07, 6.45) is 2.82. The summed E-state index contributed by atoms with van der Waals surface area (Å²) in [6, 6.07) is 16.2. The van der Waals surface area contributed by atoms with Gasteiger partial charge in [0.2, 0.25) is 11.8 Å². The quantitative estimate of drug-likeness (QED) is 0.420. The number of hydrogen-bond donors (Lipinski definition) is 0. The molecule has 30 heavy (non-hydrogen) atoms. The van der Waals surface area contributed by atoms with Crippen LogP contribution >= 0.6 is 0 Å². The Balaban J connectivity index is 1.46. The highest BCUT2D eigenvalue weighted by atomic mass is 16.5. The molecule has 4 aliphatic rings. The second kappa shape index (κ2) is 7.38. The van der Waals surface area contributed by atoms with Crippen LogP contribution in [0.3, 0.4) is 0 Å². The van der Waals surface area contributed by atoms with Crippen molar-refractivity contribution in [3.8, 4) is 0 Å².